The number of hydrogen-bond donors (Lipinski definition) is 1. The predicted octanol–water partition coefficient (Wildman–Crippen LogP) is 7.73. The zero-order valence-electron chi connectivity index (χ0n) is 16.2. The average Bonchev–Trinajstić information content (AvgIpc) is 3.18. The van der Waals surface area contributed by atoms with Crippen molar-refractivity contribution >= 4 is 70.8 Å². The molecule has 2 aromatic carbocycles. The summed E-state index contributed by atoms with van der Waals surface area (Å²) < 4.78 is 0.166. The third-order valence-electron chi connectivity index (χ3n) is 7.05. The van der Waals surface area contributed by atoms with Gasteiger partial charge in [-0.25, -0.2) is 0 Å². The summed E-state index contributed by atoms with van der Waals surface area (Å²) in [6.45, 7) is 4.42. The quantitative estimate of drug-likeness (QED) is 0.284. The molecule has 7 heteroatoms. The lowest BCUT2D eigenvalue weighted by Crippen LogP contribution is -2.71. The summed E-state index contributed by atoms with van der Waals surface area (Å²) in [5, 5.41) is 11.6. The highest BCUT2D eigenvalue weighted by Gasteiger charge is 2.83. The van der Waals surface area contributed by atoms with Crippen molar-refractivity contribution in [2.45, 2.75) is 35.3 Å². The lowest BCUT2D eigenvalue weighted by Gasteiger charge is -2.66. The van der Waals surface area contributed by atoms with Crippen molar-refractivity contribution in [3.63, 3.8) is 0 Å². The Morgan fingerprint density at radius 2 is 1.59 bits per heavy atom. The number of carbonyl (C=O) groups excluding carboxylic acids is 1. The van der Waals surface area contributed by atoms with Crippen molar-refractivity contribution in [1.82, 2.24) is 0 Å². The molecular weight excluding hydrogens is 562 g/mol. The topological polar surface area (TPSA) is 53.8 Å². The van der Waals surface area contributed by atoms with Gasteiger partial charge in [-0.15, -0.1) is 0 Å². The van der Waals surface area contributed by atoms with E-state index in [1.807, 2.05) is 54.6 Å². The van der Waals surface area contributed by atoms with E-state index in [0.29, 0.717) is 0 Å². The Balaban J connectivity index is 1.48. The number of benzene rings is 2. The maximum atomic E-state index is 13.3. The summed E-state index contributed by atoms with van der Waals surface area (Å²) in [7, 11) is 0. The van der Waals surface area contributed by atoms with E-state index in [-0.39, 0.29) is 25.3 Å². The highest BCUT2D eigenvalue weighted by Crippen LogP contribution is 2.82. The number of nitrogens with one attached hydrogen (secondary N) is 1. The Morgan fingerprint density at radius 3 is 2.10 bits per heavy atom. The van der Waals surface area contributed by atoms with Crippen molar-refractivity contribution in [3.8, 4) is 0 Å². The van der Waals surface area contributed by atoms with Crippen LogP contribution in [-0.2, 0) is 4.79 Å². The van der Waals surface area contributed by atoms with Crippen LogP contribution in [0.5, 0.6) is 0 Å². The standard InChI is InChI=1S/C22H22Br3N3O/c1-20(2)21(18(24)25)12-13-22(20,17(21)23)19(29)26-14-8-10-16(11-9-14)28-27-15-6-4-3-5-7-15/h3-11,17-18H,12-13H2,1-2H3,(H,26,29). The number of carbonyl (C=O) groups is 1. The summed E-state index contributed by atoms with van der Waals surface area (Å²) >= 11 is 11.3. The van der Waals surface area contributed by atoms with Gasteiger partial charge in [0.1, 0.15) is 0 Å². The number of anilines is 1. The van der Waals surface area contributed by atoms with Crippen LogP contribution in [0.3, 0.4) is 0 Å². The number of azo groups is 1. The van der Waals surface area contributed by atoms with Gasteiger partial charge in [0.2, 0.25) is 5.91 Å². The van der Waals surface area contributed by atoms with E-state index < -0.39 is 5.41 Å². The van der Waals surface area contributed by atoms with Crippen LogP contribution in [0.1, 0.15) is 26.7 Å². The van der Waals surface area contributed by atoms with Gasteiger partial charge in [0.15, 0.2) is 0 Å². The zero-order valence-corrected chi connectivity index (χ0v) is 21.0. The van der Waals surface area contributed by atoms with Crippen LogP contribution in [0.25, 0.3) is 0 Å². The molecule has 0 heterocycles. The Hall–Kier alpha value is -1.05. The fourth-order valence-electron chi connectivity index (χ4n) is 5.16. The van der Waals surface area contributed by atoms with Crippen LogP contribution in [-0.4, -0.2) is 14.5 Å². The minimum Gasteiger partial charge on any atom is -0.326 e. The molecule has 3 atom stereocenters. The van der Waals surface area contributed by atoms with E-state index in [1.54, 1.807) is 0 Å². The number of hydrogen-bond acceptors (Lipinski definition) is 3. The molecule has 0 aromatic heterocycles. The normalized spacial score (nSPS) is 29.8. The molecular formula is C22H22Br3N3O. The first-order valence-electron chi connectivity index (χ1n) is 9.56. The SMILES string of the molecule is CC1(C)C2(C(=O)Nc3ccc(N=Nc4ccccc4)cc3)CCC1(C(Br)Br)C2Br. The maximum Gasteiger partial charge on any atom is 0.232 e. The van der Waals surface area contributed by atoms with E-state index >= 15 is 0 Å². The Morgan fingerprint density at radius 1 is 1.00 bits per heavy atom. The van der Waals surface area contributed by atoms with Crippen LogP contribution in [0, 0.1) is 16.2 Å². The molecule has 3 unspecified atom stereocenters. The molecule has 0 radical (unpaired) electrons. The Labute approximate surface area is 196 Å². The number of fused-ring (bicyclic) bond motifs is 1. The molecule has 1 amide bonds. The van der Waals surface area contributed by atoms with Crippen molar-refractivity contribution in [2.24, 2.45) is 26.5 Å². The van der Waals surface area contributed by atoms with Gasteiger partial charge in [0.05, 0.1) is 20.5 Å². The van der Waals surface area contributed by atoms with E-state index in [0.717, 1.165) is 29.9 Å². The second kappa shape index (κ2) is 7.57. The summed E-state index contributed by atoms with van der Waals surface area (Å²) in [4.78, 5) is 13.5. The minimum absolute atomic E-state index is 0.0199. The molecule has 3 fully saturated rings. The lowest BCUT2D eigenvalue weighted by atomic mass is 9.43. The van der Waals surface area contributed by atoms with Gasteiger partial charge in [-0.2, -0.15) is 10.2 Å². The largest absolute Gasteiger partial charge is 0.326 e. The molecule has 29 heavy (non-hydrogen) atoms. The van der Waals surface area contributed by atoms with Gasteiger partial charge in [0.25, 0.3) is 0 Å². The third kappa shape index (κ3) is 2.99. The van der Waals surface area contributed by atoms with Gasteiger partial charge in [-0.1, -0.05) is 79.8 Å². The van der Waals surface area contributed by atoms with Crippen molar-refractivity contribution < 1.29 is 4.79 Å². The van der Waals surface area contributed by atoms with E-state index in [4.69, 9.17) is 0 Å². The molecule has 0 aliphatic heterocycles. The predicted molar refractivity (Wildman–Crippen MR) is 128 cm³/mol. The second-order valence-corrected chi connectivity index (χ2v) is 12.3. The number of rotatable bonds is 5. The van der Waals surface area contributed by atoms with Crippen LogP contribution < -0.4 is 5.32 Å². The molecule has 4 nitrogen and oxygen atoms in total. The number of nitrogens with zero attached hydrogens (tertiary/aromatic N) is 2. The molecule has 5 rings (SSSR count). The smallest absolute Gasteiger partial charge is 0.232 e. The van der Waals surface area contributed by atoms with Crippen LogP contribution in [0.15, 0.2) is 64.8 Å². The van der Waals surface area contributed by atoms with Crippen molar-refractivity contribution in [3.05, 3.63) is 54.6 Å². The van der Waals surface area contributed by atoms with Crippen molar-refractivity contribution in [2.75, 3.05) is 5.32 Å². The zero-order chi connectivity index (χ0) is 20.9. The molecule has 3 saturated carbocycles. The molecule has 2 aromatic rings. The first kappa shape index (κ1) is 21.2. The molecule has 3 aliphatic carbocycles. The number of amides is 1. The van der Waals surface area contributed by atoms with Gasteiger partial charge in [-0.3, -0.25) is 4.79 Å². The summed E-state index contributed by atoms with van der Waals surface area (Å²) in [6.07, 6.45) is 1.88. The van der Waals surface area contributed by atoms with Crippen LogP contribution >= 0.6 is 47.8 Å². The number of alkyl halides is 3. The van der Waals surface area contributed by atoms with Gasteiger partial charge >= 0.3 is 0 Å². The first-order chi connectivity index (χ1) is 13.8. The minimum atomic E-state index is -0.418. The van der Waals surface area contributed by atoms with Crippen molar-refractivity contribution in [1.29, 1.82) is 0 Å². The monoisotopic (exact) mass is 581 g/mol. The van der Waals surface area contributed by atoms with Gasteiger partial charge in [-0.05, 0) is 54.7 Å². The third-order valence-corrected chi connectivity index (χ3v) is 10.3. The van der Waals surface area contributed by atoms with Gasteiger partial charge in [0, 0.05) is 15.9 Å². The van der Waals surface area contributed by atoms with Gasteiger partial charge < -0.3 is 5.32 Å². The molecule has 2 bridgehead atoms. The average molecular weight is 584 g/mol. The fraction of sp³-hybridized carbons (Fsp3) is 0.409. The molecule has 3 aliphatic rings. The molecule has 152 valence electrons. The summed E-state index contributed by atoms with van der Waals surface area (Å²) in [5.41, 5.74) is 1.80. The highest BCUT2D eigenvalue weighted by molar-refractivity contribution is 9.24. The first-order valence-corrected chi connectivity index (χ1v) is 12.3. The Kier molecular flexibility index (Phi) is 5.53. The lowest BCUT2D eigenvalue weighted by molar-refractivity contribution is -0.155. The number of halogens is 3. The molecule has 0 spiro atoms. The van der Waals surface area contributed by atoms with E-state index in [2.05, 4.69) is 77.2 Å². The fourth-order valence-corrected chi connectivity index (χ4v) is 10.1. The van der Waals surface area contributed by atoms with Crippen LogP contribution in [0.2, 0.25) is 0 Å². The Bertz CT molecular complexity index is 946. The van der Waals surface area contributed by atoms with E-state index in [9.17, 15) is 4.79 Å². The molecule has 1 N–H and O–H groups in total. The van der Waals surface area contributed by atoms with Crippen LogP contribution in [0.4, 0.5) is 17.1 Å². The highest BCUT2D eigenvalue weighted by atomic mass is 79.9. The second-order valence-electron chi connectivity index (χ2n) is 8.34. The van der Waals surface area contributed by atoms with E-state index in [1.165, 1.54) is 0 Å². The summed E-state index contributed by atoms with van der Waals surface area (Å²) in [6, 6.07) is 17.1. The maximum absolute atomic E-state index is 13.3. The summed E-state index contributed by atoms with van der Waals surface area (Å²) in [5.74, 6) is 0.0804. The molecule has 0 saturated heterocycles.